The number of fused-ring (bicyclic) bond motifs is 1. The molecule has 0 unspecified atom stereocenters. The van der Waals surface area contributed by atoms with Crippen LogP contribution in [0.2, 0.25) is 0 Å². The summed E-state index contributed by atoms with van der Waals surface area (Å²) in [5.41, 5.74) is 2.56. The number of benzene rings is 1. The molecule has 0 atom stereocenters. The standard InChI is InChI=1S/C15H14N4O2/c1-2-10-9(15(20)21)8-16-13(17-10)7-14-18-11-5-3-4-6-12(11)19-14/h3-6,8H,2,7H2,1H3,(H,18,19)(H,20,21). The minimum atomic E-state index is -0.998. The zero-order valence-electron chi connectivity index (χ0n) is 11.5. The van der Waals surface area contributed by atoms with Gasteiger partial charge in [-0.1, -0.05) is 19.1 Å². The number of H-pyrrole nitrogens is 1. The first-order valence-corrected chi connectivity index (χ1v) is 6.69. The van der Waals surface area contributed by atoms with Gasteiger partial charge in [0.15, 0.2) is 0 Å². The maximum Gasteiger partial charge on any atom is 0.339 e. The quantitative estimate of drug-likeness (QED) is 0.765. The van der Waals surface area contributed by atoms with E-state index in [4.69, 9.17) is 5.11 Å². The molecule has 0 saturated heterocycles. The van der Waals surface area contributed by atoms with Gasteiger partial charge in [-0.3, -0.25) is 0 Å². The first-order chi connectivity index (χ1) is 10.2. The zero-order valence-corrected chi connectivity index (χ0v) is 11.5. The molecule has 0 aliphatic heterocycles. The van der Waals surface area contributed by atoms with Gasteiger partial charge in [0.05, 0.1) is 28.7 Å². The van der Waals surface area contributed by atoms with E-state index in [1.807, 2.05) is 31.2 Å². The molecule has 6 nitrogen and oxygen atoms in total. The summed E-state index contributed by atoms with van der Waals surface area (Å²) >= 11 is 0. The van der Waals surface area contributed by atoms with Crippen molar-refractivity contribution < 1.29 is 9.90 Å². The Morgan fingerprint density at radius 2 is 2.10 bits per heavy atom. The van der Waals surface area contributed by atoms with Crippen LogP contribution in [0, 0.1) is 0 Å². The van der Waals surface area contributed by atoms with Crippen molar-refractivity contribution in [1.82, 2.24) is 19.9 Å². The molecular formula is C15H14N4O2. The number of aromatic amines is 1. The number of imidazole rings is 1. The van der Waals surface area contributed by atoms with Crippen LogP contribution in [0.15, 0.2) is 30.5 Å². The summed E-state index contributed by atoms with van der Waals surface area (Å²) in [4.78, 5) is 27.2. The number of nitrogens with one attached hydrogen (secondary N) is 1. The van der Waals surface area contributed by atoms with E-state index in [0.29, 0.717) is 24.4 Å². The summed E-state index contributed by atoms with van der Waals surface area (Å²) in [6, 6.07) is 7.76. The Balaban J connectivity index is 1.92. The molecule has 106 valence electrons. The number of rotatable bonds is 4. The summed E-state index contributed by atoms with van der Waals surface area (Å²) in [6.07, 6.45) is 2.37. The summed E-state index contributed by atoms with van der Waals surface area (Å²) in [5, 5.41) is 9.07. The maximum absolute atomic E-state index is 11.1. The highest BCUT2D eigenvalue weighted by atomic mass is 16.4. The highest BCUT2D eigenvalue weighted by Crippen LogP contribution is 2.13. The summed E-state index contributed by atoms with van der Waals surface area (Å²) in [7, 11) is 0. The third kappa shape index (κ3) is 2.60. The Labute approximate surface area is 120 Å². The van der Waals surface area contributed by atoms with Crippen LogP contribution in [-0.2, 0) is 12.8 Å². The molecule has 3 rings (SSSR count). The van der Waals surface area contributed by atoms with Gasteiger partial charge in [0.1, 0.15) is 11.6 Å². The van der Waals surface area contributed by atoms with Gasteiger partial charge < -0.3 is 10.1 Å². The van der Waals surface area contributed by atoms with Crippen LogP contribution in [0.1, 0.15) is 34.6 Å². The predicted molar refractivity (Wildman–Crippen MR) is 77.3 cm³/mol. The van der Waals surface area contributed by atoms with E-state index < -0.39 is 5.97 Å². The van der Waals surface area contributed by atoms with Gasteiger partial charge in [-0.2, -0.15) is 0 Å². The van der Waals surface area contributed by atoms with Crippen LogP contribution < -0.4 is 0 Å². The van der Waals surface area contributed by atoms with Gasteiger partial charge in [0, 0.05) is 6.20 Å². The zero-order chi connectivity index (χ0) is 14.8. The van der Waals surface area contributed by atoms with Gasteiger partial charge in [0.25, 0.3) is 0 Å². The van der Waals surface area contributed by atoms with Crippen molar-refractivity contribution in [3.63, 3.8) is 0 Å². The Kier molecular flexibility index (Phi) is 3.35. The van der Waals surface area contributed by atoms with E-state index in [1.54, 1.807) is 0 Å². The van der Waals surface area contributed by atoms with Crippen LogP contribution in [0.5, 0.6) is 0 Å². The van der Waals surface area contributed by atoms with Crippen molar-refractivity contribution >= 4 is 17.0 Å². The second-order valence-electron chi connectivity index (χ2n) is 4.68. The number of carboxylic acids is 1. The molecule has 2 aromatic heterocycles. The van der Waals surface area contributed by atoms with Crippen LogP contribution in [0.3, 0.4) is 0 Å². The van der Waals surface area contributed by atoms with E-state index in [0.717, 1.165) is 16.9 Å². The third-order valence-electron chi connectivity index (χ3n) is 3.25. The molecule has 2 heterocycles. The highest BCUT2D eigenvalue weighted by Gasteiger charge is 2.13. The minimum absolute atomic E-state index is 0.158. The Bertz CT molecular complexity index is 777. The van der Waals surface area contributed by atoms with Gasteiger partial charge in [-0.15, -0.1) is 0 Å². The number of carbonyl (C=O) groups is 1. The van der Waals surface area contributed by atoms with Gasteiger partial charge in [-0.25, -0.2) is 19.7 Å². The van der Waals surface area contributed by atoms with Crippen molar-refractivity contribution in [2.24, 2.45) is 0 Å². The van der Waals surface area contributed by atoms with E-state index in [1.165, 1.54) is 6.20 Å². The molecule has 1 aromatic carbocycles. The normalized spacial score (nSPS) is 10.9. The Morgan fingerprint density at radius 1 is 1.29 bits per heavy atom. The van der Waals surface area contributed by atoms with E-state index in [2.05, 4.69) is 19.9 Å². The molecule has 6 heteroatoms. The third-order valence-corrected chi connectivity index (χ3v) is 3.25. The topological polar surface area (TPSA) is 91.8 Å². The molecular weight excluding hydrogens is 268 g/mol. The van der Waals surface area contributed by atoms with Crippen LogP contribution in [-0.4, -0.2) is 31.0 Å². The van der Waals surface area contributed by atoms with E-state index in [-0.39, 0.29) is 5.56 Å². The van der Waals surface area contributed by atoms with E-state index >= 15 is 0 Å². The largest absolute Gasteiger partial charge is 0.478 e. The minimum Gasteiger partial charge on any atom is -0.478 e. The number of aryl methyl sites for hydroxylation is 1. The van der Waals surface area contributed by atoms with Crippen LogP contribution in [0.25, 0.3) is 11.0 Å². The maximum atomic E-state index is 11.1. The average molecular weight is 282 g/mol. The Hall–Kier alpha value is -2.76. The van der Waals surface area contributed by atoms with Gasteiger partial charge in [-0.05, 0) is 18.6 Å². The fourth-order valence-electron chi connectivity index (χ4n) is 2.23. The molecule has 0 saturated carbocycles. The molecule has 3 aromatic rings. The summed E-state index contributed by atoms with van der Waals surface area (Å²) in [5.74, 6) is 0.333. The number of para-hydroxylation sites is 2. The lowest BCUT2D eigenvalue weighted by Gasteiger charge is -2.04. The number of aromatic nitrogens is 4. The van der Waals surface area contributed by atoms with Crippen molar-refractivity contribution in [1.29, 1.82) is 0 Å². The van der Waals surface area contributed by atoms with Gasteiger partial charge >= 0.3 is 5.97 Å². The highest BCUT2D eigenvalue weighted by molar-refractivity contribution is 5.88. The van der Waals surface area contributed by atoms with Crippen molar-refractivity contribution in [2.75, 3.05) is 0 Å². The van der Waals surface area contributed by atoms with Crippen molar-refractivity contribution in [3.8, 4) is 0 Å². The average Bonchev–Trinajstić information content (AvgIpc) is 2.88. The van der Waals surface area contributed by atoms with Crippen molar-refractivity contribution in [3.05, 3.63) is 53.4 Å². The second-order valence-corrected chi connectivity index (χ2v) is 4.68. The number of carboxylic acid groups (broad SMARTS) is 1. The lowest BCUT2D eigenvalue weighted by atomic mass is 10.2. The summed E-state index contributed by atoms with van der Waals surface area (Å²) in [6.45, 7) is 1.87. The first-order valence-electron chi connectivity index (χ1n) is 6.69. The predicted octanol–water partition coefficient (Wildman–Crippen LogP) is 2.20. The molecule has 0 amide bonds. The monoisotopic (exact) mass is 282 g/mol. The molecule has 0 spiro atoms. The lowest BCUT2D eigenvalue weighted by molar-refractivity contribution is 0.0694. The fraction of sp³-hybridized carbons (Fsp3) is 0.200. The SMILES string of the molecule is CCc1nc(Cc2nc3ccccc3[nH]2)ncc1C(=O)O. The molecule has 0 aliphatic rings. The van der Waals surface area contributed by atoms with Crippen molar-refractivity contribution in [2.45, 2.75) is 19.8 Å². The molecule has 0 fully saturated rings. The first kappa shape index (κ1) is 13.2. The van der Waals surface area contributed by atoms with Crippen LogP contribution in [0.4, 0.5) is 0 Å². The number of hydrogen-bond acceptors (Lipinski definition) is 4. The number of aromatic carboxylic acids is 1. The Morgan fingerprint density at radius 3 is 2.81 bits per heavy atom. The van der Waals surface area contributed by atoms with E-state index in [9.17, 15) is 4.79 Å². The summed E-state index contributed by atoms with van der Waals surface area (Å²) < 4.78 is 0. The molecule has 21 heavy (non-hydrogen) atoms. The number of nitrogens with zero attached hydrogens (tertiary/aromatic N) is 3. The van der Waals surface area contributed by atoms with Gasteiger partial charge in [0.2, 0.25) is 0 Å². The molecule has 0 aliphatic carbocycles. The lowest BCUT2D eigenvalue weighted by Crippen LogP contribution is -2.09. The second kappa shape index (κ2) is 5.32. The smallest absolute Gasteiger partial charge is 0.339 e. The van der Waals surface area contributed by atoms with Crippen LogP contribution >= 0.6 is 0 Å². The number of hydrogen-bond donors (Lipinski definition) is 2. The molecule has 0 bridgehead atoms. The fourth-order valence-corrected chi connectivity index (χ4v) is 2.23. The molecule has 2 N–H and O–H groups in total. The molecule has 0 radical (unpaired) electrons.